The molecule has 4 nitrogen and oxygen atoms in total. The SMILES string of the molecule is CC(C)(C)OC(=O)N1CCCC1(I)c1cccc(N)c1. The summed E-state index contributed by atoms with van der Waals surface area (Å²) in [6, 6.07) is 7.74. The predicted molar refractivity (Wildman–Crippen MR) is 88.7 cm³/mol. The highest BCUT2D eigenvalue weighted by Crippen LogP contribution is 2.45. The van der Waals surface area contributed by atoms with E-state index in [1.807, 2.05) is 49.9 Å². The zero-order chi connectivity index (χ0) is 15.0. The first kappa shape index (κ1) is 15.4. The van der Waals surface area contributed by atoms with Gasteiger partial charge < -0.3 is 10.5 Å². The third kappa shape index (κ3) is 3.19. The second-order valence-corrected chi connectivity index (χ2v) is 7.90. The monoisotopic (exact) mass is 388 g/mol. The summed E-state index contributed by atoms with van der Waals surface area (Å²) >= 11 is 2.35. The number of likely N-dealkylation sites (tertiary alicyclic amines) is 1. The molecule has 0 spiro atoms. The highest BCUT2D eigenvalue weighted by molar-refractivity contribution is 14.1. The Kier molecular flexibility index (Phi) is 4.18. The number of carbonyl (C=O) groups is 1. The van der Waals surface area contributed by atoms with Crippen molar-refractivity contribution < 1.29 is 9.53 Å². The Morgan fingerprint density at radius 2 is 2.15 bits per heavy atom. The van der Waals surface area contributed by atoms with Crippen molar-refractivity contribution >= 4 is 34.4 Å². The normalized spacial score (nSPS) is 22.9. The summed E-state index contributed by atoms with van der Waals surface area (Å²) in [7, 11) is 0. The van der Waals surface area contributed by atoms with E-state index >= 15 is 0 Å². The molecular formula is C15H21IN2O2. The average Bonchev–Trinajstić information content (AvgIpc) is 2.70. The fraction of sp³-hybridized carbons (Fsp3) is 0.533. The van der Waals surface area contributed by atoms with Crippen LogP contribution in [-0.2, 0) is 8.28 Å². The quantitative estimate of drug-likeness (QED) is 0.344. The van der Waals surface area contributed by atoms with E-state index in [0.29, 0.717) is 6.54 Å². The molecule has 0 saturated carbocycles. The van der Waals surface area contributed by atoms with Crippen LogP contribution in [0.25, 0.3) is 0 Å². The van der Waals surface area contributed by atoms with E-state index in [1.54, 1.807) is 0 Å². The van der Waals surface area contributed by atoms with Crippen molar-refractivity contribution in [3.63, 3.8) is 0 Å². The van der Waals surface area contributed by atoms with Crippen LogP contribution in [0.3, 0.4) is 0 Å². The number of benzene rings is 1. The van der Waals surface area contributed by atoms with Crippen LogP contribution in [0.1, 0.15) is 39.2 Å². The van der Waals surface area contributed by atoms with Crippen LogP contribution < -0.4 is 5.73 Å². The molecule has 1 saturated heterocycles. The number of alkyl halides is 1. The maximum absolute atomic E-state index is 12.4. The van der Waals surface area contributed by atoms with Crippen LogP contribution in [0, 0.1) is 0 Å². The van der Waals surface area contributed by atoms with Gasteiger partial charge in [0.1, 0.15) is 9.15 Å². The van der Waals surface area contributed by atoms with Gasteiger partial charge in [-0.15, -0.1) is 0 Å². The Hall–Kier alpha value is -0.980. The number of halogens is 1. The molecule has 2 N–H and O–H groups in total. The van der Waals surface area contributed by atoms with Gasteiger partial charge in [-0.3, -0.25) is 4.90 Å². The van der Waals surface area contributed by atoms with Gasteiger partial charge in [0.25, 0.3) is 0 Å². The van der Waals surface area contributed by atoms with Gasteiger partial charge in [-0.05, 0) is 73.9 Å². The lowest BCUT2D eigenvalue weighted by Gasteiger charge is -2.35. The van der Waals surface area contributed by atoms with E-state index in [4.69, 9.17) is 10.5 Å². The summed E-state index contributed by atoms with van der Waals surface area (Å²) in [6.07, 6.45) is 1.62. The van der Waals surface area contributed by atoms with Crippen LogP contribution in [0.2, 0.25) is 0 Å². The van der Waals surface area contributed by atoms with E-state index in [2.05, 4.69) is 22.6 Å². The first-order valence-electron chi connectivity index (χ1n) is 6.78. The van der Waals surface area contributed by atoms with Crippen LogP contribution in [0.5, 0.6) is 0 Å². The van der Waals surface area contributed by atoms with Crippen molar-refractivity contribution in [3.05, 3.63) is 29.8 Å². The Balaban J connectivity index is 2.28. The van der Waals surface area contributed by atoms with Gasteiger partial charge in [-0.2, -0.15) is 0 Å². The second-order valence-electron chi connectivity index (χ2n) is 6.12. The van der Waals surface area contributed by atoms with Gasteiger partial charge in [-0.1, -0.05) is 12.1 Å². The Morgan fingerprint density at radius 3 is 2.75 bits per heavy atom. The van der Waals surface area contributed by atoms with Crippen molar-refractivity contribution in [3.8, 4) is 0 Å². The van der Waals surface area contributed by atoms with Gasteiger partial charge in [0.15, 0.2) is 0 Å². The summed E-state index contributed by atoms with van der Waals surface area (Å²) in [6.45, 7) is 6.37. The summed E-state index contributed by atoms with van der Waals surface area (Å²) in [5.41, 5.74) is 7.17. The second kappa shape index (κ2) is 5.42. The van der Waals surface area contributed by atoms with E-state index in [9.17, 15) is 4.79 Å². The number of nitrogens with two attached hydrogens (primary N) is 1. The molecule has 20 heavy (non-hydrogen) atoms. The van der Waals surface area contributed by atoms with Crippen LogP contribution >= 0.6 is 22.6 Å². The fourth-order valence-electron chi connectivity index (χ4n) is 2.41. The maximum atomic E-state index is 12.4. The van der Waals surface area contributed by atoms with Crippen LogP contribution in [-0.4, -0.2) is 23.1 Å². The lowest BCUT2D eigenvalue weighted by Crippen LogP contribution is -2.43. The van der Waals surface area contributed by atoms with Gasteiger partial charge in [0.05, 0.1) is 0 Å². The van der Waals surface area contributed by atoms with E-state index < -0.39 is 5.60 Å². The van der Waals surface area contributed by atoms with Crippen molar-refractivity contribution in [1.29, 1.82) is 0 Å². The molecule has 1 heterocycles. The molecule has 2 rings (SSSR count). The highest BCUT2D eigenvalue weighted by atomic mass is 127. The smallest absolute Gasteiger partial charge is 0.411 e. The van der Waals surface area contributed by atoms with Crippen molar-refractivity contribution in [2.45, 2.75) is 42.8 Å². The number of hydrogen-bond donors (Lipinski definition) is 1. The minimum Gasteiger partial charge on any atom is -0.444 e. The molecule has 0 radical (unpaired) electrons. The fourth-order valence-corrected chi connectivity index (χ4v) is 3.57. The summed E-state index contributed by atoms with van der Waals surface area (Å²) in [4.78, 5) is 14.2. The molecule has 0 aliphatic carbocycles. The number of hydrogen-bond acceptors (Lipinski definition) is 3. The van der Waals surface area contributed by atoms with E-state index in [1.165, 1.54) is 0 Å². The van der Waals surface area contributed by atoms with Gasteiger partial charge in [-0.25, -0.2) is 4.79 Å². The molecule has 0 bridgehead atoms. The third-order valence-corrected chi connectivity index (χ3v) is 5.01. The Morgan fingerprint density at radius 1 is 1.45 bits per heavy atom. The number of nitrogen functional groups attached to an aromatic ring is 1. The molecule has 1 unspecified atom stereocenters. The molecule has 1 aromatic rings. The molecule has 5 heteroatoms. The first-order chi connectivity index (χ1) is 9.22. The number of carbonyl (C=O) groups excluding carboxylic acids is 1. The van der Waals surface area contributed by atoms with Gasteiger partial charge in [0.2, 0.25) is 0 Å². The molecule has 1 aromatic carbocycles. The minimum absolute atomic E-state index is 0.258. The highest BCUT2D eigenvalue weighted by Gasteiger charge is 2.44. The number of anilines is 1. The lowest BCUT2D eigenvalue weighted by atomic mass is 10.0. The third-order valence-electron chi connectivity index (χ3n) is 3.26. The molecular weight excluding hydrogens is 367 g/mol. The number of ether oxygens (including phenoxy) is 1. The zero-order valence-corrected chi connectivity index (χ0v) is 14.3. The summed E-state index contributed by atoms with van der Waals surface area (Å²) < 4.78 is 5.15. The van der Waals surface area contributed by atoms with Crippen molar-refractivity contribution in [1.82, 2.24) is 4.90 Å². The molecule has 1 amide bonds. The number of nitrogens with zero attached hydrogens (tertiary/aromatic N) is 1. The zero-order valence-electron chi connectivity index (χ0n) is 12.1. The Labute approximate surface area is 133 Å². The van der Waals surface area contributed by atoms with Crippen LogP contribution in [0.15, 0.2) is 24.3 Å². The maximum Gasteiger partial charge on any atom is 0.411 e. The molecule has 1 fully saturated rings. The molecule has 0 aromatic heterocycles. The number of rotatable bonds is 1. The largest absolute Gasteiger partial charge is 0.444 e. The minimum atomic E-state index is -0.479. The predicted octanol–water partition coefficient (Wildman–Crippen LogP) is 3.89. The molecule has 1 aliphatic heterocycles. The Bertz CT molecular complexity index is 513. The molecule has 1 atom stereocenters. The topological polar surface area (TPSA) is 55.6 Å². The lowest BCUT2D eigenvalue weighted by molar-refractivity contribution is 0.0208. The molecule has 1 aliphatic rings. The standard InChI is InChI=1S/C15H21IN2O2/c1-14(2,3)20-13(19)18-9-5-8-15(18,16)11-6-4-7-12(17)10-11/h4,6-7,10H,5,8-9,17H2,1-3H3. The number of amides is 1. The van der Waals surface area contributed by atoms with Gasteiger partial charge in [0, 0.05) is 12.2 Å². The first-order valence-corrected chi connectivity index (χ1v) is 7.86. The van der Waals surface area contributed by atoms with Crippen molar-refractivity contribution in [2.24, 2.45) is 0 Å². The van der Waals surface area contributed by atoms with Crippen LogP contribution in [0.4, 0.5) is 10.5 Å². The van der Waals surface area contributed by atoms with Crippen molar-refractivity contribution in [2.75, 3.05) is 12.3 Å². The summed E-state index contributed by atoms with van der Waals surface area (Å²) in [5, 5.41) is 0. The van der Waals surface area contributed by atoms with E-state index in [-0.39, 0.29) is 9.64 Å². The molecule has 110 valence electrons. The van der Waals surface area contributed by atoms with E-state index in [0.717, 1.165) is 24.1 Å². The summed E-state index contributed by atoms with van der Waals surface area (Å²) in [5.74, 6) is 0. The average molecular weight is 388 g/mol. The van der Waals surface area contributed by atoms with Gasteiger partial charge >= 0.3 is 6.09 Å².